The SMILES string of the molecule is Cc1nc(C)c(C(=O)N/N=C/c2ccccc2)s1. The van der Waals surface area contributed by atoms with Gasteiger partial charge in [0.05, 0.1) is 16.9 Å². The maximum absolute atomic E-state index is 11.8. The highest BCUT2D eigenvalue weighted by atomic mass is 32.1. The molecule has 4 nitrogen and oxygen atoms in total. The number of hydrogen-bond acceptors (Lipinski definition) is 4. The molecule has 0 bridgehead atoms. The van der Waals surface area contributed by atoms with Gasteiger partial charge in [0, 0.05) is 0 Å². The lowest BCUT2D eigenvalue weighted by molar-refractivity contribution is 0.0958. The maximum Gasteiger partial charge on any atom is 0.283 e. The van der Waals surface area contributed by atoms with Crippen molar-refractivity contribution < 1.29 is 4.79 Å². The van der Waals surface area contributed by atoms with Gasteiger partial charge in [-0.2, -0.15) is 5.10 Å². The highest BCUT2D eigenvalue weighted by Crippen LogP contribution is 2.16. The van der Waals surface area contributed by atoms with Crippen LogP contribution in [0.3, 0.4) is 0 Å². The molecule has 1 aromatic carbocycles. The van der Waals surface area contributed by atoms with Crippen LogP contribution in [0.15, 0.2) is 35.4 Å². The fourth-order valence-corrected chi connectivity index (χ4v) is 2.31. The zero-order chi connectivity index (χ0) is 13.0. The molecular weight excluding hydrogens is 246 g/mol. The molecule has 1 N–H and O–H groups in total. The molecule has 2 rings (SSSR count). The van der Waals surface area contributed by atoms with Crippen molar-refractivity contribution in [3.8, 4) is 0 Å². The van der Waals surface area contributed by atoms with Gasteiger partial charge in [0.25, 0.3) is 5.91 Å². The van der Waals surface area contributed by atoms with Gasteiger partial charge >= 0.3 is 0 Å². The van der Waals surface area contributed by atoms with E-state index < -0.39 is 0 Å². The summed E-state index contributed by atoms with van der Waals surface area (Å²) in [7, 11) is 0. The van der Waals surface area contributed by atoms with Crippen molar-refractivity contribution in [3.63, 3.8) is 0 Å². The summed E-state index contributed by atoms with van der Waals surface area (Å²) in [4.78, 5) is 16.6. The maximum atomic E-state index is 11.8. The summed E-state index contributed by atoms with van der Waals surface area (Å²) >= 11 is 1.37. The van der Waals surface area contributed by atoms with Crippen LogP contribution in [0.5, 0.6) is 0 Å². The van der Waals surface area contributed by atoms with Crippen LogP contribution in [0.2, 0.25) is 0 Å². The summed E-state index contributed by atoms with van der Waals surface area (Å²) in [5.41, 5.74) is 4.18. The number of rotatable bonds is 3. The lowest BCUT2D eigenvalue weighted by Gasteiger charge is -1.96. The highest BCUT2D eigenvalue weighted by molar-refractivity contribution is 7.13. The molecule has 0 aliphatic heterocycles. The molecule has 0 radical (unpaired) electrons. The van der Waals surface area contributed by atoms with Crippen LogP contribution in [-0.2, 0) is 0 Å². The van der Waals surface area contributed by atoms with Gasteiger partial charge in [0.2, 0.25) is 0 Å². The number of carbonyl (C=O) groups is 1. The summed E-state index contributed by atoms with van der Waals surface area (Å²) in [5.74, 6) is -0.217. The van der Waals surface area contributed by atoms with Crippen LogP contribution in [0.25, 0.3) is 0 Å². The smallest absolute Gasteiger partial charge is 0.266 e. The summed E-state index contributed by atoms with van der Waals surface area (Å²) in [5, 5.41) is 4.80. The second-order valence-electron chi connectivity index (χ2n) is 3.76. The molecule has 0 fully saturated rings. The molecule has 0 atom stereocenters. The van der Waals surface area contributed by atoms with Crippen molar-refractivity contribution in [1.82, 2.24) is 10.4 Å². The number of benzene rings is 1. The largest absolute Gasteiger partial charge is 0.283 e. The molecule has 5 heteroatoms. The average Bonchev–Trinajstić information content (AvgIpc) is 2.70. The highest BCUT2D eigenvalue weighted by Gasteiger charge is 2.12. The first-order chi connectivity index (χ1) is 8.66. The van der Waals surface area contributed by atoms with E-state index in [0.29, 0.717) is 4.88 Å². The number of hydrazone groups is 1. The number of aromatic nitrogens is 1. The second-order valence-corrected chi connectivity index (χ2v) is 4.96. The van der Waals surface area contributed by atoms with Crippen molar-refractivity contribution in [1.29, 1.82) is 0 Å². The Hall–Kier alpha value is -2.01. The van der Waals surface area contributed by atoms with Crippen LogP contribution < -0.4 is 5.43 Å². The molecule has 0 spiro atoms. The first-order valence-electron chi connectivity index (χ1n) is 5.49. The number of carbonyl (C=O) groups excluding carboxylic acids is 1. The number of hydrogen-bond donors (Lipinski definition) is 1. The molecule has 0 aliphatic rings. The predicted octanol–water partition coefficient (Wildman–Crippen LogP) is 2.52. The number of amides is 1. The second kappa shape index (κ2) is 5.55. The third-order valence-electron chi connectivity index (χ3n) is 2.29. The van der Waals surface area contributed by atoms with Gasteiger partial charge in [-0.25, -0.2) is 10.4 Å². The van der Waals surface area contributed by atoms with Crippen LogP contribution in [0, 0.1) is 13.8 Å². The van der Waals surface area contributed by atoms with Crippen molar-refractivity contribution in [2.75, 3.05) is 0 Å². The third-order valence-corrected chi connectivity index (χ3v) is 3.36. The molecule has 1 amide bonds. The average molecular weight is 259 g/mol. The topological polar surface area (TPSA) is 54.4 Å². The summed E-state index contributed by atoms with van der Waals surface area (Å²) in [6.07, 6.45) is 1.61. The number of nitrogens with one attached hydrogen (secondary N) is 1. The molecule has 92 valence electrons. The summed E-state index contributed by atoms with van der Waals surface area (Å²) < 4.78 is 0. The Kier molecular flexibility index (Phi) is 3.84. The molecular formula is C13H13N3OS. The van der Waals surface area contributed by atoms with E-state index in [1.165, 1.54) is 11.3 Å². The fourth-order valence-electron chi connectivity index (χ4n) is 1.50. The zero-order valence-electron chi connectivity index (χ0n) is 10.2. The minimum atomic E-state index is -0.217. The third kappa shape index (κ3) is 3.01. The molecule has 1 heterocycles. The van der Waals surface area contributed by atoms with E-state index in [9.17, 15) is 4.79 Å². The Morgan fingerprint density at radius 3 is 2.67 bits per heavy atom. The van der Waals surface area contributed by atoms with E-state index in [0.717, 1.165) is 16.3 Å². The lowest BCUT2D eigenvalue weighted by Crippen LogP contribution is -2.17. The Balaban J connectivity index is 2.01. The van der Waals surface area contributed by atoms with E-state index in [4.69, 9.17) is 0 Å². The first kappa shape index (κ1) is 12.4. The van der Waals surface area contributed by atoms with Crippen molar-refractivity contribution in [3.05, 3.63) is 51.5 Å². The Labute approximate surface area is 109 Å². The molecule has 1 aromatic heterocycles. The summed E-state index contributed by atoms with van der Waals surface area (Å²) in [6, 6.07) is 9.59. The van der Waals surface area contributed by atoms with E-state index >= 15 is 0 Å². The van der Waals surface area contributed by atoms with Gasteiger partial charge in [-0.1, -0.05) is 30.3 Å². The molecule has 0 saturated carbocycles. The van der Waals surface area contributed by atoms with Gasteiger partial charge < -0.3 is 0 Å². The van der Waals surface area contributed by atoms with Crippen LogP contribution in [-0.4, -0.2) is 17.1 Å². The molecule has 0 saturated heterocycles. The van der Waals surface area contributed by atoms with Gasteiger partial charge in [-0.05, 0) is 19.4 Å². The number of aryl methyl sites for hydroxylation is 2. The predicted molar refractivity (Wildman–Crippen MR) is 73.1 cm³/mol. The molecule has 2 aromatic rings. The van der Waals surface area contributed by atoms with E-state index in [2.05, 4.69) is 15.5 Å². The van der Waals surface area contributed by atoms with Gasteiger partial charge in [-0.3, -0.25) is 4.79 Å². The van der Waals surface area contributed by atoms with E-state index in [-0.39, 0.29) is 5.91 Å². The monoisotopic (exact) mass is 259 g/mol. The van der Waals surface area contributed by atoms with Gasteiger partial charge in [-0.15, -0.1) is 11.3 Å². The van der Waals surface area contributed by atoms with Gasteiger partial charge in [0.15, 0.2) is 0 Å². The van der Waals surface area contributed by atoms with Crippen molar-refractivity contribution in [2.24, 2.45) is 5.10 Å². The minimum Gasteiger partial charge on any atom is -0.266 e. The molecule has 0 aliphatic carbocycles. The fraction of sp³-hybridized carbons (Fsp3) is 0.154. The molecule has 0 unspecified atom stereocenters. The minimum absolute atomic E-state index is 0.217. The van der Waals surface area contributed by atoms with E-state index in [1.807, 2.05) is 44.2 Å². The standard InChI is InChI=1S/C13H13N3OS/c1-9-12(18-10(2)15-9)13(17)16-14-8-11-6-4-3-5-7-11/h3-8H,1-2H3,(H,16,17)/b14-8+. The molecule has 18 heavy (non-hydrogen) atoms. The first-order valence-corrected chi connectivity index (χ1v) is 6.31. The number of nitrogens with zero attached hydrogens (tertiary/aromatic N) is 2. The summed E-state index contributed by atoms with van der Waals surface area (Å²) in [6.45, 7) is 3.70. The van der Waals surface area contributed by atoms with Crippen LogP contribution in [0.4, 0.5) is 0 Å². The lowest BCUT2D eigenvalue weighted by atomic mass is 10.2. The van der Waals surface area contributed by atoms with Crippen molar-refractivity contribution >= 4 is 23.5 Å². The Morgan fingerprint density at radius 1 is 1.33 bits per heavy atom. The Bertz CT molecular complexity index is 575. The zero-order valence-corrected chi connectivity index (χ0v) is 11.0. The number of thiazole rings is 1. The van der Waals surface area contributed by atoms with Crippen molar-refractivity contribution in [2.45, 2.75) is 13.8 Å². The van der Waals surface area contributed by atoms with Crippen LogP contribution in [0.1, 0.15) is 25.9 Å². The normalized spacial score (nSPS) is 10.8. The Morgan fingerprint density at radius 2 is 2.06 bits per heavy atom. The van der Waals surface area contributed by atoms with Crippen LogP contribution >= 0.6 is 11.3 Å². The quantitative estimate of drug-likeness (QED) is 0.680. The van der Waals surface area contributed by atoms with Gasteiger partial charge in [0.1, 0.15) is 4.88 Å². The van der Waals surface area contributed by atoms with E-state index in [1.54, 1.807) is 6.21 Å².